The summed E-state index contributed by atoms with van der Waals surface area (Å²) < 4.78 is 11.2. The standard InChI is InChI=1S/C21H27NO3/c1-3-5-6-9-16-25-18-14-12-17(13-15-18)22-21(23)19-10-7-8-11-20(19)24-4-2/h7-8,10-15H,3-6,9,16H2,1-2H3,(H,22,23). The molecule has 0 bridgehead atoms. The van der Waals surface area contributed by atoms with Gasteiger partial charge in [0, 0.05) is 5.69 Å². The first kappa shape index (κ1) is 18.8. The van der Waals surface area contributed by atoms with Gasteiger partial charge in [-0.3, -0.25) is 4.79 Å². The highest BCUT2D eigenvalue weighted by atomic mass is 16.5. The Bertz CT molecular complexity index is 652. The van der Waals surface area contributed by atoms with Crippen LogP contribution in [0.4, 0.5) is 5.69 Å². The third-order valence-corrected chi connectivity index (χ3v) is 3.81. The normalized spacial score (nSPS) is 10.3. The van der Waals surface area contributed by atoms with Crippen LogP contribution in [0.3, 0.4) is 0 Å². The highest BCUT2D eigenvalue weighted by molar-refractivity contribution is 6.06. The summed E-state index contributed by atoms with van der Waals surface area (Å²) in [6.07, 6.45) is 4.74. The van der Waals surface area contributed by atoms with Gasteiger partial charge in [-0.1, -0.05) is 38.3 Å². The first-order valence-electron chi connectivity index (χ1n) is 9.00. The van der Waals surface area contributed by atoms with Crippen LogP contribution < -0.4 is 14.8 Å². The maximum atomic E-state index is 12.4. The molecule has 2 aromatic rings. The van der Waals surface area contributed by atoms with Crippen LogP contribution in [0, 0.1) is 0 Å². The SMILES string of the molecule is CCCCCCOc1ccc(NC(=O)c2ccccc2OCC)cc1. The first-order chi connectivity index (χ1) is 12.2. The van der Waals surface area contributed by atoms with Gasteiger partial charge in [-0.15, -0.1) is 0 Å². The van der Waals surface area contributed by atoms with Crippen molar-refractivity contribution in [3.63, 3.8) is 0 Å². The molecule has 1 amide bonds. The molecule has 134 valence electrons. The van der Waals surface area contributed by atoms with E-state index in [1.54, 1.807) is 12.1 Å². The highest BCUT2D eigenvalue weighted by Crippen LogP contribution is 2.21. The van der Waals surface area contributed by atoms with Crippen LogP contribution in [-0.2, 0) is 0 Å². The predicted molar refractivity (Wildman–Crippen MR) is 102 cm³/mol. The van der Waals surface area contributed by atoms with Gasteiger partial charge in [0.25, 0.3) is 5.91 Å². The maximum absolute atomic E-state index is 12.4. The molecule has 25 heavy (non-hydrogen) atoms. The lowest BCUT2D eigenvalue weighted by molar-refractivity contribution is 0.102. The number of nitrogens with one attached hydrogen (secondary N) is 1. The van der Waals surface area contributed by atoms with Gasteiger partial charge >= 0.3 is 0 Å². The van der Waals surface area contributed by atoms with Gasteiger partial charge in [-0.2, -0.15) is 0 Å². The first-order valence-corrected chi connectivity index (χ1v) is 9.00. The summed E-state index contributed by atoms with van der Waals surface area (Å²) in [7, 11) is 0. The Morgan fingerprint density at radius 3 is 2.40 bits per heavy atom. The topological polar surface area (TPSA) is 47.6 Å². The van der Waals surface area contributed by atoms with E-state index in [0.29, 0.717) is 17.9 Å². The van der Waals surface area contributed by atoms with E-state index in [1.807, 2.05) is 43.3 Å². The Morgan fingerprint density at radius 2 is 1.68 bits per heavy atom. The average molecular weight is 341 g/mol. The van der Waals surface area contributed by atoms with Crippen molar-refractivity contribution in [2.75, 3.05) is 18.5 Å². The molecule has 0 aliphatic heterocycles. The summed E-state index contributed by atoms with van der Waals surface area (Å²) >= 11 is 0. The van der Waals surface area contributed by atoms with E-state index in [1.165, 1.54) is 19.3 Å². The van der Waals surface area contributed by atoms with E-state index in [4.69, 9.17) is 9.47 Å². The molecule has 0 fully saturated rings. The summed E-state index contributed by atoms with van der Waals surface area (Å²) in [5.41, 5.74) is 1.26. The second-order valence-electron chi connectivity index (χ2n) is 5.82. The fraction of sp³-hybridized carbons (Fsp3) is 0.381. The van der Waals surface area contributed by atoms with E-state index in [-0.39, 0.29) is 5.91 Å². The van der Waals surface area contributed by atoms with Crippen molar-refractivity contribution in [3.8, 4) is 11.5 Å². The van der Waals surface area contributed by atoms with Crippen LogP contribution in [0.1, 0.15) is 49.9 Å². The quantitative estimate of drug-likeness (QED) is 0.597. The molecule has 0 saturated heterocycles. The van der Waals surface area contributed by atoms with Gasteiger partial charge in [0.2, 0.25) is 0 Å². The lowest BCUT2D eigenvalue weighted by Crippen LogP contribution is -2.13. The molecule has 1 N–H and O–H groups in total. The average Bonchev–Trinajstić information content (AvgIpc) is 2.63. The number of rotatable bonds is 10. The van der Waals surface area contributed by atoms with E-state index in [9.17, 15) is 4.79 Å². The molecule has 4 heteroatoms. The molecule has 0 unspecified atom stereocenters. The molecule has 0 spiro atoms. The third kappa shape index (κ3) is 6.14. The molecular formula is C21H27NO3. The van der Waals surface area contributed by atoms with Crippen molar-refractivity contribution < 1.29 is 14.3 Å². The molecule has 0 aromatic heterocycles. The van der Waals surface area contributed by atoms with Crippen LogP contribution in [-0.4, -0.2) is 19.1 Å². The van der Waals surface area contributed by atoms with E-state index >= 15 is 0 Å². The zero-order valence-electron chi connectivity index (χ0n) is 15.1. The highest BCUT2D eigenvalue weighted by Gasteiger charge is 2.12. The van der Waals surface area contributed by atoms with Crippen molar-refractivity contribution >= 4 is 11.6 Å². The number of carbonyl (C=O) groups excluding carboxylic acids is 1. The number of hydrogen-bond acceptors (Lipinski definition) is 3. The number of carbonyl (C=O) groups is 1. The van der Waals surface area contributed by atoms with E-state index in [2.05, 4.69) is 12.2 Å². The molecule has 0 heterocycles. The summed E-state index contributed by atoms with van der Waals surface area (Å²) in [5.74, 6) is 1.23. The van der Waals surface area contributed by atoms with Crippen LogP contribution in [0.25, 0.3) is 0 Å². The maximum Gasteiger partial charge on any atom is 0.259 e. The second kappa shape index (κ2) is 10.4. The molecule has 2 aromatic carbocycles. The van der Waals surface area contributed by atoms with Gasteiger partial charge < -0.3 is 14.8 Å². The number of para-hydroxylation sites is 1. The number of unbranched alkanes of at least 4 members (excludes halogenated alkanes) is 3. The molecule has 0 saturated carbocycles. The van der Waals surface area contributed by atoms with Crippen molar-refractivity contribution in [1.29, 1.82) is 0 Å². The minimum absolute atomic E-state index is 0.183. The predicted octanol–water partition coefficient (Wildman–Crippen LogP) is 5.30. The number of anilines is 1. The summed E-state index contributed by atoms with van der Waals surface area (Å²) in [6.45, 7) is 5.35. The zero-order valence-corrected chi connectivity index (χ0v) is 15.1. The minimum Gasteiger partial charge on any atom is -0.494 e. The Hall–Kier alpha value is -2.49. The molecular weight excluding hydrogens is 314 g/mol. The molecule has 0 radical (unpaired) electrons. The Morgan fingerprint density at radius 1 is 0.920 bits per heavy atom. The summed E-state index contributed by atoms with van der Waals surface area (Å²) in [4.78, 5) is 12.4. The summed E-state index contributed by atoms with van der Waals surface area (Å²) in [6, 6.07) is 14.7. The van der Waals surface area contributed by atoms with Gasteiger partial charge in [0.1, 0.15) is 11.5 Å². The van der Waals surface area contributed by atoms with Crippen LogP contribution in [0.5, 0.6) is 11.5 Å². The van der Waals surface area contributed by atoms with Crippen molar-refractivity contribution in [2.24, 2.45) is 0 Å². The van der Waals surface area contributed by atoms with E-state index < -0.39 is 0 Å². The lowest BCUT2D eigenvalue weighted by Gasteiger charge is -2.11. The van der Waals surface area contributed by atoms with Crippen LogP contribution in [0.2, 0.25) is 0 Å². The van der Waals surface area contributed by atoms with Crippen molar-refractivity contribution in [1.82, 2.24) is 0 Å². The minimum atomic E-state index is -0.183. The largest absolute Gasteiger partial charge is 0.494 e. The smallest absolute Gasteiger partial charge is 0.259 e. The Balaban J connectivity index is 1.89. The van der Waals surface area contributed by atoms with E-state index in [0.717, 1.165) is 24.5 Å². The van der Waals surface area contributed by atoms with Gasteiger partial charge in [-0.05, 0) is 49.7 Å². The van der Waals surface area contributed by atoms with Gasteiger partial charge in [0.15, 0.2) is 0 Å². The summed E-state index contributed by atoms with van der Waals surface area (Å²) in [5, 5.41) is 2.89. The number of hydrogen-bond donors (Lipinski definition) is 1. The van der Waals surface area contributed by atoms with Gasteiger partial charge in [-0.25, -0.2) is 0 Å². The Kier molecular flexibility index (Phi) is 7.83. The molecule has 0 aliphatic carbocycles. The van der Waals surface area contributed by atoms with Gasteiger partial charge in [0.05, 0.1) is 18.8 Å². The lowest BCUT2D eigenvalue weighted by atomic mass is 10.2. The molecule has 0 aliphatic rings. The number of benzene rings is 2. The van der Waals surface area contributed by atoms with Crippen molar-refractivity contribution in [2.45, 2.75) is 39.5 Å². The van der Waals surface area contributed by atoms with Crippen molar-refractivity contribution in [3.05, 3.63) is 54.1 Å². The van der Waals surface area contributed by atoms with Crippen LogP contribution >= 0.6 is 0 Å². The number of ether oxygens (including phenoxy) is 2. The fourth-order valence-electron chi connectivity index (χ4n) is 2.49. The second-order valence-corrected chi connectivity index (χ2v) is 5.82. The monoisotopic (exact) mass is 341 g/mol. The molecule has 2 rings (SSSR count). The molecule has 4 nitrogen and oxygen atoms in total. The Labute approximate surface area is 150 Å². The number of amides is 1. The van der Waals surface area contributed by atoms with Crippen LogP contribution in [0.15, 0.2) is 48.5 Å². The zero-order chi connectivity index (χ0) is 17.9. The molecule has 0 atom stereocenters. The fourth-order valence-corrected chi connectivity index (χ4v) is 2.49. The third-order valence-electron chi connectivity index (χ3n) is 3.81.